The zero-order valence-electron chi connectivity index (χ0n) is 10.1. The van der Waals surface area contributed by atoms with E-state index in [4.69, 9.17) is 0 Å². The number of hydrogen-bond donors (Lipinski definition) is 0. The molecule has 0 fully saturated rings. The molecule has 2 aromatic carbocycles. The molecule has 0 radical (unpaired) electrons. The zero-order chi connectivity index (χ0) is 13.7. The number of ketones is 1. The number of thioether (sulfide) groups is 1. The van der Waals surface area contributed by atoms with Gasteiger partial charge in [-0.3, -0.25) is 4.79 Å². The summed E-state index contributed by atoms with van der Waals surface area (Å²) in [7, 11) is 0. The highest BCUT2D eigenvalue weighted by Gasteiger charge is 2.07. The first-order valence-corrected chi connectivity index (χ1v) is 8.36. The molecule has 4 heteroatoms. The molecule has 0 N–H and O–H groups in total. The topological polar surface area (TPSA) is 17.1 Å². The number of Topliss-reactive ketones (excluding diaryl/α,β-unsaturated/α-hetero) is 1. The number of carbonyl (C=O) groups excluding carboxylic acids is 1. The van der Waals surface area contributed by atoms with Crippen molar-refractivity contribution in [3.63, 3.8) is 0 Å². The highest BCUT2D eigenvalue weighted by atomic mass is 79.9. The van der Waals surface area contributed by atoms with Crippen molar-refractivity contribution in [3.8, 4) is 0 Å². The molecule has 0 saturated carbocycles. The van der Waals surface area contributed by atoms with Gasteiger partial charge in [-0.05, 0) is 35.9 Å². The second-order valence-electron chi connectivity index (χ2n) is 4.05. The summed E-state index contributed by atoms with van der Waals surface area (Å²) in [5.41, 5.74) is 1.05. The Morgan fingerprint density at radius 3 is 2.37 bits per heavy atom. The molecule has 0 unspecified atom stereocenters. The Balaban J connectivity index is 1.88. The van der Waals surface area contributed by atoms with Crippen LogP contribution in [0.3, 0.4) is 0 Å². The van der Waals surface area contributed by atoms with Gasteiger partial charge in [-0.15, -0.1) is 11.8 Å². The fourth-order valence-corrected chi connectivity index (χ4v) is 3.05. The molecular weight excluding hydrogens is 388 g/mol. The third kappa shape index (κ3) is 4.79. The van der Waals surface area contributed by atoms with Gasteiger partial charge in [0.05, 0.1) is 5.75 Å². The number of benzene rings is 2. The van der Waals surface area contributed by atoms with Gasteiger partial charge in [0.25, 0.3) is 0 Å². The summed E-state index contributed by atoms with van der Waals surface area (Å²) in [6.07, 6.45) is 0.477. The molecule has 0 aliphatic rings. The van der Waals surface area contributed by atoms with E-state index in [9.17, 15) is 4.79 Å². The lowest BCUT2D eigenvalue weighted by atomic mass is 10.1. The first kappa shape index (κ1) is 14.8. The Morgan fingerprint density at radius 2 is 1.68 bits per heavy atom. The average Bonchev–Trinajstić information content (AvgIpc) is 2.41. The van der Waals surface area contributed by atoms with Crippen LogP contribution in [0, 0.1) is 0 Å². The zero-order valence-corrected chi connectivity index (χ0v) is 14.1. The van der Waals surface area contributed by atoms with Crippen LogP contribution in [0.1, 0.15) is 5.56 Å². The molecular formula is C15H12Br2OS. The van der Waals surface area contributed by atoms with Gasteiger partial charge in [0.15, 0.2) is 0 Å². The van der Waals surface area contributed by atoms with Crippen LogP contribution in [0.4, 0.5) is 0 Å². The molecule has 0 atom stereocenters. The molecule has 0 aliphatic carbocycles. The maximum absolute atomic E-state index is 12.0. The largest absolute Gasteiger partial charge is 0.298 e. The number of hydrogen-bond acceptors (Lipinski definition) is 2. The van der Waals surface area contributed by atoms with E-state index in [1.54, 1.807) is 11.8 Å². The summed E-state index contributed by atoms with van der Waals surface area (Å²) >= 11 is 8.44. The number of halogens is 2. The van der Waals surface area contributed by atoms with E-state index in [2.05, 4.69) is 31.9 Å². The first-order chi connectivity index (χ1) is 9.15. The summed E-state index contributed by atoms with van der Waals surface area (Å²) in [6, 6.07) is 15.8. The second-order valence-corrected chi connectivity index (χ2v) is 6.87. The maximum Gasteiger partial charge on any atom is 0.147 e. The summed E-state index contributed by atoms with van der Waals surface area (Å²) < 4.78 is 2.05. The minimum Gasteiger partial charge on any atom is -0.298 e. The highest BCUT2D eigenvalue weighted by molar-refractivity contribution is 9.10. The van der Waals surface area contributed by atoms with E-state index < -0.39 is 0 Å². The van der Waals surface area contributed by atoms with Gasteiger partial charge in [0, 0.05) is 20.3 Å². The van der Waals surface area contributed by atoms with Crippen molar-refractivity contribution >= 4 is 49.4 Å². The first-order valence-electron chi connectivity index (χ1n) is 5.78. The molecule has 1 nitrogen and oxygen atoms in total. The van der Waals surface area contributed by atoms with Crippen molar-refractivity contribution in [3.05, 3.63) is 63.0 Å². The molecule has 0 amide bonds. The highest BCUT2D eigenvalue weighted by Crippen LogP contribution is 2.22. The molecule has 2 rings (SSSR count). The van der Waals surface area contributed by atoms with Gasteiger partial charge < -0.3 is 0 Å². The van der Waals surface area contributed by atoms with Crippen LogP contribution in [0.15, 0.2) is 62.4 Å². The number of rotatable bonds is 5. The Hall–Kier alpha value is -0.580. The molecule has 2 aromatic rings. The van der Waals surface area contributed by atoms with E-state index in [0.29, 0.717) is 12.2 Å². The van der Waals surface area contributed by atoms with Crippen molar-refractivity contribution in [1.29, 1.82) is 0 Å². The van der Waals surface area contributed by atoms with Crippen molar-refractivity contribution in [2.45, 2.75) is 11.3 Å². The standard InChI is InChI=1S/C15H12Br2OS/c16-12-5-7-14(8-6-12)19-10-13(18)9-11-3-1-2-4-15(11)17/h1-8H,9-10H2. The summed E-state index contributed by atoms with van der Waals surface area (Å²) in [5.74, 6) is 0.739. The maximum atomic E-state index is 12.0. The monoisotopic (exact) mass is 398 g/mol. The minimum atomic E-state index is 0.236. The van der Waals surface area contributed by atoms with Gasteiger partial charge in [0.2, 0.25) is 0 Å². The Morgan fingerprint density at radius 1 is 1.00 bits per heavy atom. The van der Waals surface area contributed by atoms with Crippen LogP contribution in [0.5, 0.6) is 0 Å². The normalized spacial score (nSPS) is 10.4. The fraction of sp³-hybridized carbons (Fsp3) is 0.133. The number of carbonyl (C=O) groups is 1. The van der Waals surface area contributed by atoms with Gasteiger partial charge in [0.1, 0.15) is 5.78 Å². The Labute approximate surface area is 134 Å². The lowest BCUT2D eigenvalue weighted by Gasteiger charge is -2.04. The van der Waals surface area contributed by atoms with E-state index in [1.165, 1.54) is 0 Å². The smallest absolute Gasteiger partial charge is 0.147 e. The van der Waals surface area contributed by atoms with Crippen LogP contribution in [0.25, 0.3) is 0 Å². The fourth-order valence-electron chi connectivity index (χ4n) is 1.60. The third-order valence-corrected chi connectivity index (χ3v) is 4.93. The quantitative estimate of drug-likeness (QED) is 0.649. The van der Waals surface area contributed by atoms with Gasteiger partial charge in [-0.2, -0.15) is 0 Å². The molecule has 0 aromatic heterocycles. The van der Waals surface area contributed by atoms with Crippen molar-refractivity contribution in [2.24, 2.45) is 0 Å². The predicted molar refractivity (Wildman–Crippen MR) is 87.7 cm³/mol. The lowest BCUT2D eigenvalue weighted by molar-refractivity contribution is -0.116. The van der Waals surface area contributed by atoms with Crippen LogP contribution in [-0.4, -0.2) is 11.5 Å². The molecule has 19 heavy (non-hydrogen) atoms. The summed E-state index contributed by atoms with van der Waals surface area (Å²) in [6.45, 7) is 0. The lowest BCUT2D eigenvalue weighted by Crippen LogP contribution is -2.06. The second kappa shape index (κ2) is 7.27. The van der Waals surface area contributed by atoms with Crippen molar-refractivity contribution in [2.75, 3.05) is 5.75 Å². The van der Waals surface area contributed by atoms with E-state index >= 15 is 0 Å². The van der Waals surface area contributed by atoms with Crippen molar-refractivity contribution < 1.29 is 4.79 Å². The molecule has 0 spiro atoms. The van der Waals surface area contributed by atoms with Crippen LogP contribution < -0.4 is 0 Å². The minimum absolute atomic E-state index is 0.236. The third-order valence-electron chi connectivity index (χ3n) is 2.56. The molecule has 0 heterocycles. The Kier molecular flexibility index (Phi) is 5.67. The molecule has 0 aliphatic heterocycles. The van der Waals surface area contributed by atoms with E-state index in [-0.39, 0.29) is 5.78 Å². The molecule has 0 bridgehead atoms. The summed E-state index contributed by atoms with van der Waals surface area (Å²) in [4.78, 5) is 13.1. The predicted octanol–water partition coefficient (Wildman–Crippen LogP) is 5.12. The molecule has 0 saturated heterocycles. The SMILES string of the molecule is O=C(CSc1ccc(Br)cc1)Cc1ccccc1Br. The van der Waals surface area contributed by atoms with Crippen molar-refractivity contribution in [1.82, 2.24) is 0 Å². The summed E-state index contributed by atoms with van der Waals surface area (Å²) in [5, 5.41) is 0. The van der Waals surface area contributed by atoms with E-state index in [1.807, 2.05) is 48.5 Å². The van der Waals surface area contributed by atoms with Gasteiger partial charge in [-0.25, -0.2) is 0 Å². The van der Waals surface area contributed by atoms with Gasteiger partial charge in [-0.1, -0.05) is 50.1 Å². The van der Waals surface area contributed by atoms with Crippen LogP contribution in [0.2, 0.25) is 0 Å². The van der Waals surface area contributed by atoms with Crippen LogP contribution >= 0.6 is 43.6 Å². The Bertz CT molecular complexity index is 567. The van der Waals surface area contributed by atoms with Crippen LogP contribution in [-0.2, 0) is 11.2 Å². The molecule has 98 valence electrons. The van der Waals surface area contributed by atoms with E-state index in [0.717, 1.165) is 19.4 Å². The van der Waals surface area contributed by atoms with Gasteiger partial charge >= 0.3 is 0 Å². The average molecular weight is 400 g/mol.